The maximum absolute atomic E-state index is 13.5. The Morgan fingerprint density at radius 1 is 0.855 bits per heavy atom. The molecule has 4 fully saturated rings. The number of carbonyl (C=O) groups is 1. The van der Waals surface area contributed by atoms with Gasteiger partial charge in [-0.05, 0) is 152 Å². The van der Waals surface area contributed by atoms with E-state index in [9.17, 15) is 4.79 Å². The summed E-state index contributed by atoms with van der Waals surface area (Å²) in [6, 6.07) is 12.1. The van der Waals surface area contributed by atoms with E-state index in [0.29, 0.717) is 17.6 Å². The molecule has 3 saturated carbocycles. The molecule has 0 amide bonds. The lowest BCUT2D eigenvalue weighted by molar-refractivity contribution is -0.150. The quantitative estimate of drug-likeness (QED) is 0.0862. The number of ether oxygens (including phenoxy) is 4. The standard InChI is InChI=1S/C50H74O5/c1-7-50(33-53-34-50)32-52-27-10-8-9-11-28-54-41-19-17-37-29-39(16-15-38(37)30-41)47(51)55-42-23-25-48(5)40(31-42)18-20-43-45-22-21-44(36(4)14-12-13-35(2)3)49(45,6)26-24-46(43)48/h15-19,29-30,35-36,42-46H,7-14,20-28,31-34H2,1-6H3. The molecule has 2 aromatic rings. The molecule has 4 aliphatic carbocycles. The molecule has 0 spiro atoms. The van der Waals surface area contributed by atoms with Gasteiger partial charge >= 0.3 is 5.97 Å². The van der Waals surface area contributed by atoms with E-state index in [2.05, 4.69) is 59.8 Å². The van der Waals surface area contributed by atoms with Gasteiger partial charge in [0.1, 0.15) is 11.9 Å². The molecule has 5 aliphatic rings. The number of hydrogen-bond acceptors (Lipinski definition) is 5. The Kier molecular flexibility index (Phi) is 13.1. The summed E-state index contributed by atoms with van der Waals surface area (Å²) >= 11 is 0. The zero-order chi connectivity index (χ0) is 38.6. The Bertz CT molecular complexity index is 1620. The molecule has 8 unspecified atom stereocenters. The van der Waals surface area contributed by atoms with Crippen LogP contribution in [0.15, 0.2) is 48.0 Å². The average molecular weight is 755 g/mol. The van der Waals surface area contributed by atoms with Crippen molar-refractivity contribution in [2.75, 3.05) is 33.0 Å². The lowest BCUT2D eigenvalue weighted by Crippen LogP contribution is -2.51. The fraction of sp³-hybridized carbons (Fsp3) is 0.740. The van der Waals surface area contributed by atoms with Crippen molar-refractivity contribution in [2.45, 2.75) is 150 Å². The van der Waals surface area contributed by atoms with Crippen LogP contribution in [0.1, 0.15) is 155 Å². The molecule has 5 heteroatoms. The second kappa shape index (κ2) is 17.6. The van der Waals surface area contributed by atoms with E-state index in [1.54, 1.807) is 5.57 Å². The molecule has 0 radical (unpaired) electrons. The Labute approximate surface area is 334 Å². The number of unbranched alkanes of at least 4 members (excludes halogenated alkanes) is 3. The normalized spacial score (nSPS) is 31.5. The Morgan fingerprint density at radius 3 is 2.40 bits per heavy atom. The van der Waals surface area contributed by atoms with Gasteiger partial charge in [-0.3, -0.25) is 0 Å². The SMILES string of the molecule is CCC1(COCCCCCCOc2ccc3cc(C(=O)OC4CCC5(C)C(=CCC6C5CCC5(C)C(C(C)CCCC(C)C)CCC65)C4)ccc3c2)COC1. The van der Waals surface area contributed by atoms with E-state index >= 15 is 0 Å². The van der Waals surface area contributed by atoms with E-state index in [1.165, 1.54) is 51.4 Å². The lowest BCUT2D eigenvalue weighted by Gasteiger charge is -2.58. The van der Waals surface area contributed by atoms with Crippen LogP contribution in [0.25, 0.3) is 10.8 Å². The summed E-state index contributed by atoms with van der Waals surface area (Å²) in [5, 5.41) is 2.13. The van der Waals surface area contributed by atoms with Crippen molar-refractivity contribution in [2.24, 2.45) is 51.8 Å². The van der Waals surface area contributed by atoms with Gasteiger partial charge in [-0.1, -0.05) is 91.0 Å². The van der Waals surface area contributed by atoms with Crippen LogP contribution in [-0.2, 0) is 14.2 Å². The fourth-order valence-corrected chi connectivity index (χ4v) is 12.3. The van der Waals surface area contributed by atoms with Gasteiger partial charge in [0.2, 0.25) is 0 Å². The molecule has 5 nitrogen and oxygen atoms in total. The maximum Gasteiger partial charge on any atom is 0.338 e. The molecule has 55 heavy (non-hydrogen) atoms. The zero-order valence-corrected chi connectivity index (χ0v) is 35.5. The minimum atomic E-state index is -0.189. The first kappa shape index (κ1) is 40.8. The zero-order valence-electron chi connectivity index (χ0n) is 35.5. The first-order valence-electron chi connectivity index (χ1n) is 22.8. The molecule has 2 aromatic carbocycles. The number of esters is 1. The van der Waals surface area contributed by atoms with Gasteiger partial charge in [-0.25, -0.2) is 4.79 Å². The van der Waals surface area contributed by atoms with Gasteiger partial charge in [0.25, 0.3) is 0 Å². The number of benzene rings is 2. The van der Waals surface area contributed by atoms with Gasteiger partial charge in [-0.2, -0.15) is 0 Å². The van der Waals surface area contributed by atoms with Crippen molar-refractivity contribution < 1.29 is 23.7 Å². The highest BCUT2D eigenvalue weighted by atomic mass is 16.5. The maximum atomic E-state index is 13.5. The molecule has 7 rings (SSSR count). The molecular formula is C50H74O5. The molecule has 1 heterocycles. The topological polar surface area (TPSA) is 54.0 Å². The van der Waals surface area contributed by atoms with Crippen LogP contribution in [0.4, 0.5) is 0 Å². The third kappa shape index (κ3) is 8.89. The van der Waals surface area contributed by atoms with E-state index in [0.717, 1.165) is 130 Å². The molecule has 0 aromatic heterocycles. The Morgan fingerprint density at radius 2 is 1.64 bits per heavy atom. The number of rotatable bonds is 18. The number of hydrogen-bond donors (Lipinski definition) is 0. The van der Waals surface area contributed by atoms with Crippen molar-refractivity contribution in [3.63, 3.8) is 0 Å². The van der Waals surface area contributed by atoms with Gasteiger partial charge in [0.05, 0.1) is 32.0 Å². The molecule has 0 bridgehead atoms. The van der Waals surface area contributed by atoms with E-state index in [4.69, 9.17) is 18.9 Å². The second-order valence-corrected chi connectivity index (χ2v) is 19.9. The van der Waals surface area contributed by atoms with Crippen molar-refractivity contribution in [3.05, 3.63) is 53.6 Å². The number of fused-ring (bicyclic) bond motifs is 6. The molecule has 0 N–H and O–H groups in total. The predicted octanol–water partition coefficient (Wildman–Crippen LogP) is 12.8. The first-order valence-corrected chi connectivity index (χ1v) is 22.8. The average Bonchev–Trinajstić information content (AvgIpc) is 3.52. The van der Waals surface area contributed by atoms with Crippen molar-refractivity contribution in [1.82, 2.24) is 0 Å². The summed E-state index contributed by atoms with van der Waals surface area (Å²) < 4.78 is 23.7. The third-order valence-electron chi connectivity index (χ3n) is 16.0. The largest absolute Gasteiger partial charge is 0.494 e. The Hall–Kier alpha value is -2.37. The van der Waals surface area contributed by atoms with Crippen LogP contribution >= 0.6 is 0 Å². The first-order chi connectivity index (χ1) is 26.5. The van der Waals surface area contributed by atoms with Gasteiger partial charge < -0.3 is 18.9 Å². The highest BCUT2D eigenvalue weighted by Gasteiger charge is 2.59. The summed E-state index contributed by atoms with van der Waals surface area (Å²) in [5.74, 6) is 5.74. The molecular weight excluding hydrogens is 681 g/mol. The molecule has 1 saturated heterocycles. The summed E-state index contributed by atoms with van der Waals surface area (Å²) in [6.07, 6.45) is 22.2. The third-order valence-corrected chi connectivity index (χ3v) is 16.0. The van der Waals surface area contributed by atoms with Gasteiger partial charge in [-0.15, -0.1) is 0 Å². The number of carbonyl (C=O) groups excluding carboxylic acids is 1. The lowest BCUT2D eigenvalue weighted by atomic mass is 9.47. The smallest absolute Gasteiger partial charge is 0.338 e. The predicted molar refractivity (Wildman–Crippen MR) is 225 cm³/mol. The van der Waals surface area contributed by atoms with Crippen LogP contribution in [0.5, 0.6) is 5.75 Å². The van der Waals surface area contributed by atoms with Crippen molar-refractivity contribution >= 4 is 16.7 Å². The van der Waals surface area contributed by atoms with Crippen LogP contribution in [0.3, 0.4) is 0 Å². The summed E-state index contributed by atoms with van der Waals surface area (Å²) in [7, 11) is 0. The molecule has 1 aliphatic heterocycles. The van der Waals surface area contributed by atoms with Crippen LogP contribution in [0, 0.1) is 51.8 Å². The summed E-state index contributed by atoms with van der Waals surface area (Å²) in [6.45, 7) is 18.9. The minimum Gasteiger partial charge on any atom is -0.494 e. The summed E-state index contributed by atoms with van der Waals surface area (Å²) in [4.78, 5) is 13.5. The highest BCUT2D eigenvalue weighted by Crippen LogP contribution is 2.67. The number of allylic oxidation sites excluding steroid dienone is 1. The van der Waals surface area contributed by atoms with Gasteiger partial charge in [0.15, 0.2) is 0 Å². The van der Waals surface area contributed by atoms with Gasteiger partial charge in [0, 0.05) is 18.4 Å². The van der Waals surface area contributed by atoms with Crippen molar-refractivity contribution in [1.29, 1.82) is 0 Å². The second-order valence-electron chi connectivity index (χ2n) is 19.9. The van der Waals surface area contributed by atoms with Crippen LogP contribution in [-0.4, -0.2) is 45.1 Å². The van der Waals surface area contributed by atoms with Crippen LogP contribution < -0.4 is 4.74 Å². The van der Waals surface area contributed by atoms with Crippen LogP contribution in [0.2, 0.25) is 0 Å². The monoisotopic (exact) mass is 755 g/mol. The minimum absolute atomic E-state index is 0.0330. The fourth-order valence-electron chi connectivity index (χ4n) is 12.3. The van der Waals surface area contributed by atoms with Crippen molar-refractivity contribution in [3.8, 4) is 5.75 Å². The van der Waals surface area contributed by atoms with E-state index in [-0.39, 0.29) is 22.9 Å². The van der Waals surface area contributed by atoms with E-state index in [1.807, 2.05) is 24.3 Å². The molecule has 8 atom stereocenters. The van der Waals surface area contributed by atoms with E-state index < -0.39 is 0 Å². The summed E-state index contributed by atoms with van der Waals surface area (Å²) in [5.41, 5.74) is 3.27. The Balaban J connectivity index is 0.861. The molecule has 304 valence electrons. The highest BCUT2D eigenvalue weighted by molar-refractivity contribution is 5.95.